The number of benzene rings is 2. The third-order valence-electron chi connectivity index (χ3n) is 5.96. The third-order valence-corrected chi connectivity index (χ3v) is 5.96. The third kappa shape index (κ3) is 4.94. The molecule has 2 N–H and O–H groups in total. The summed E-state index contributed by atoms with van der Waals surface area (Å²) in [5.74, 6) is 1.24. The topological polar surface area (TPSA) is 75.6 Å². The highest BCUT2D eigenvalue weighted by Crippen LogP contribution is 2.26. The molecule has 1 atom stereocenters. The average molecular weight is 425 g/mol. The van der Waals surface area contributed by atoms with Gasteiger partial charge in [-0.1, -0.05) is 30.7 Å². The zero-order chi connectivity index (χ0) is 21.6. The second-order valence-electron chi connectivity index (χ2n) is 8.09. The minimum atomic E-state index is -0.750. The van der Waals surface area contributed by atoms with E-state index in [9.17, 15) is 5.11 Å². The molecule has 0 bridgehead atoms. The summed E-state index contributed by atoms with van der Waals surface area (Å²) in [5, 5.41) is 19.4. The van der Waals surface area contributed by atoms with Crippen molar-refractivity contribution in [3.8, 4) is 11.5 Å². The minimum absolute atomic E-state index is 0.125. The number of para-hydroxylation sites is 4. The van der Waals surface area contributed by atoms with Crippen LogP contribution < -0.4 is 15.1 Å². The number of rotatable bonds is 9. The Morgan fingerprint density at radius 2 is 1.55 bits per heavy atom. The Hall–Kier alpha value is -2.77. The van der Waals surface area contributed by atoms with Crippen molar-refractivity contribution in [3.05, 3.63) is 54.1 Å². The van der Waals surface area contributed by atoms with E-state index in [1.54, 1.807) is 7.11 Å². The number of aliphatic hydroxyl groups excluding tert-OH is 1. The van der Waals surface area contributed by atoms with Gasteiger partial charge in [-0.25, -0.2) is 0 Å². The summed E-state index contributed by atoms with van der Waals surface area (Å²) in [4.78, 5) is 2.48. The van der Waals surface area contributed by atoms with Gasteiger partial charge in [0, 0.05) is 13.1 Å². The van der Waals surface area contributed by atoms with Crippen LogP contribution in [-0.2, 0) is 13.1 Å². The highest BCUT2D eigenvalue weighted by Gasteiger charge is 2.16. The van der Waals surface area contributed by atoms with Gasteiger partial charge in [0.2, 0.25) is 5.62 Å². The predicted octanol–water partition coefficient (Wildman–Crippen LogP) is 2.86. The molecule has 0 amide bonds. The molecule has 1 aliphatic rings. The van der Waals surface area contributed by atoms with E-state index >= 15 is 0 Å². The molecule has 3 aromatic rings. The van der Waals surface area contributed by atoms with Crippen molar-refractivity contribution in [1.29, 1.82) is 5.41 Å². The largest absolute Gasteiger partial charge is 0.493 e. The molecule has 1 aromatic heterocycles. The lowest BCUT2D eigenvalue weighted by Crippen LogP contribution is -2.36. The maximum Gasteiger partial charge on any atom is 0.203 e. The smallest absolute Gasteiger partial charge is 0.203 e. The number of aromatic nitrogens is 2. The summed E-state index contributed by atoms with van der Waals surface area (Å²) in [6.07, 6.45) is 3.10. The Kier molecular flexibility index (Phi) is 6.94. The molecule has 166 valence electrons. The first kappa shape index (κ1) is 21.5. The predicted molar refractivity (Wildman–Crippen MR) is 121 cm³/mol. The molecule has 0 aliphatic carbocycles. The van der Waals surface area contributed by atoms with Crippen molar-refractivity contribution in [1.82, 2.24) is 14.0 Å². The van der Waals surface area contributed by atoms with Gasteiger partial charge in [0.15, 0.2) is 11.5 Å². The monoisotopic (exact) mass is 424 g/mol. The lowest BCUT2D eigenvalue weighted by atomic mass is 10.1. The molecule has 2 aromatic carbocycles. The number of ether oxygens (including phenoxy) is 2. The number of aliphatic hydroxyl groups is 1. The van der Waals surface area contributed by atoms with Crippen molar-refractivity contribution < 1.29 is 14.6 Å². The van der Waals surface area contributed by atoms with Gasteiger partial charge >= 0.3 is 0 Å². The van der Waals surface area contributed by atoms with Crippen molar-refractivity contribution >= 4 is 11.0 Å². The van der Waals surface area contributed by atoms with E-state index in [1.807, 2.05) is 47.0 Å². The van der Waals surface area contributed by atoms with Crippen LogP contribution in [0, 0.1) is 5.41 Å². The fourth-order valence-corrected chi connectivity index (χ4v) is 4.32. The zero-order valence-electron chi connectivity index (χ0n) is 18.2. The van der Waals surface area contributed by atoms with Gasteiger partial charge in [-0.2, -0.15) is 0 Å². The lowest BCUT2D eigenvalue weighted by Gasteiger charge is -2.26. The highest BCUT2D eigenvalue weighted by atomic mass is 16.5. The standard InChI is InChI=1S/C24H32N4O3/c1-30-22-11-5-6-12-23(22)31-18-19(29)17-28-21-10-4-3-9-20(21)27(24(28)25)16-15-26-13-7-2-8-14-26/h3-6,9-12,19,25,29H,2,7-8,13-18H2,1H3/t19-/m1/s1. The first-order chi connectivity index (χ1) is 15.2. The summed E-state index contributed by atoms with van der Waals surface area (Å²) in [6, 6.07) is 15.4. The van der Waals surface area contributed by atoms with E-state index in [2.05, 4.69) is 15.5 Å². The molecular formula is C24H32N4O3. The van der Waals surface area contributed by atoms with Gasteiger partial charge in [0.1, 0.15) is 12.7 Å². The maximum atomic E-state index is 10.7. The van der Waals surface area contributed by atoms with Crippen LogP contribution in [0.3, 0.4) is 0 Å². The summed E-state index contributed by atoms with van der Waals surface area (Å²) in [6.45, 7) is 4.44. The van der Waals surface area contributed by atoms with Crippen LogP contribution in [0.25, 0.3) is 11.0 Å². The average Bonchev–Trinajstić information content (AvgIpc) is 3.08. The fraction of sp³-hybridized carbons (Fsp3) is 0.458. The van der Waals surface area contributed by atoms with Crippen LogP contribution in [0.1, 0.15) is 19.3 Å². The first-order valence-corrected chi connectivity index (χ1v) is 11.1. The molecule has 0 spiro atoms. The summed E-state index contributed by atoms with van der Waals surface area (Å²) < 4.78 is 15.0. The number of nitrogens with one attached hydrogen (secondary N) is 1. The molecule has 1 fully saturated rings. The Morgan fingerprint density at radius 1 is 0.903 bits per heavy atom. The van der Waals surface area contributed by atoms with Crippen LogP contribution in [0.4, 0.5) is 0 Å². The molecule has 4 rings (SSSR count). The number of hydrogen-bond acceptors (Lipinski definition) is 5. The van der Waals surface area contributed by atoms with Gasteiger partial charge < -0.3 is 28.6 Å². The van der Waals surface area contributed by atoms with Gasteiger partial charge in [0.25, 0.3) is 0 Å². The van der Waals surface area contributed by atoms with Crippen LogP contribution in [-0.4, -0.2) is 58.6 Å². The van der Waals surface area contributed by atoms with E-state index in [1.165, 1.54) is 19.3 Å². The lowest BCUT2D eigenvalue weighted by molar-refractivity contribution is 0.0905. The second-order valence-corrected chi connectivity index (χ2v) is 8.09. The number of imidazole rings is 1. The van der Waals surface area contributed by atoms with Crippen LogP contribution in [0.5, 0.6) is 11.5 Å². The molecule has 7 heteroatoms. The number of likely N-dealkylation sites (tertiary alicyclic amines) is 1. The number of fused-ring (bicyclic) bond motifs is 1. The number of nitrogens with zero attached hydrogens (tertiary/aromatic N) is 3. The quantitative estimate of drug-likeness (QED) is 0.554. The zero-order valence-corrected chi connectivity index (χ0v) is 18.2. The first-order valence-electron chi connectivity index (χ1n) is 11.1. The molecular weight excluding hydrogens is 392 g/mol. The number of hydrogen-bond donors (Lipinski definition) is 2. The Labute approximate surface area is 182 Å². The van der Waals surface area contributed by atoms with Crippen molar-refractivity contribution in [2.75, 3.05) is 33.4 Å². The van der Waals surface area contributed by atoms with Crippen LogP contribution in [0.2, 0.25) is 0 Å². The Balaban J connectivity index is 1.48. The SMILES string of the molecule is COc1ccccc1OC[C@H](O)Cn1c(=N)n(CCN2CCCCC2)c2ccccc21. The summed E-state index contributed by atoms with van der Waals surface area (Å²) in [7, 11) is 1.60. The molecule has 1 saturated heterocycles. The van der Waals surface area contributed by atoms with Crippen molar-refractivity contribution in [3.63, 3.8) is 0 Å². The van der Waals surface area contributed by atoms with Gasteiger partial charge in [-0.3, -0.25) is 5.41 Å². The van der Waals surface area contributed by atoms with E-state index in [0.29, 0.717) is 23.7 Å². The number of methoxy groups -OCH3 is 1. The fourth-order valence-electron chi connectivity index (χ4n) is 4.32. The molecule has 0 saturated carbocycles. The van der Waals surface area contributed by atoms with Crippen LogP contribution >= 0.6 is 0 Å². The van der Waals surface area contributed by atoms with Crippen molar-refractivity contribution in [2.24, 2.45) is 0 Å². The molecule has 31 heavy (non-hydrogen) atoms. The Morgan fingerprint density at radius 3 is 2.26 bits per heavy atom. The molecule has 0 unspecified atom stereocenters. The Bertz CT molecular complexity index is 1050. The normalized spacial score (nSPS) is 15.8. The molecule has 7 nitrogen and oxygen atoms in total. The van der Waals surface area contributed by atoms with E-state index in [0.717, 1.165) is 37.2 Å². The maximum absolute atomic E-state index is 10.7. The second kappa shape index (κ2) is 10.0. The summed E-state index contributed by atoms with van der Waals surface area (Å²) in [5.41, 5.74) is 2.40. The van der Waals surface area contributed by atoms with E-state index in [4.69, 9.17) is 14.9 Å². The van der Waals surface area contributed by atoms with Gasteiger partial charge in [-0.05, 0) is 50.2 Å². The summed E-state index contributed by atoms with van der Waals surface area (Å²) >= 11 is 0. The minimum Gasteiger partial charge on any atom is -0.493 e. The van der Waals surface area contributed by atoms with Crippen LogP contribution in [0.15, 0.2) is 48.5 Å². The van der Waals surface area contributed by atoms with E-state index in [-0.39, 0.29) is 6.61 Å². The molecule has 2 heterocycles. The number of piperidine rings is 1. The van der Waals surface area contributed by atoms with Gasteiger partial charge in [0.05, 0.1) is 24.7 Å². The molecule has 0 radical (unpaired) electrons. The van der Waals surface area contributed by atoms with E-state index < -0.39 is 6.10 Å². The highest BCUT2D eigenvalue weighted by molar-refractivity contribution is 5.75. The molecule has 1 aliphatic heterocycles. The van der Waals surface area contributed by atoms with Gasteiger partial charge in [-0.15, -0.1) is 0 Å². The van der Waals surface area contributed by atoms with Crippen molar-refractivity contribution in [2.45, 2.75) is 38.5 Å².